The summed E-state index contributed by atoms with van der Waals surface area (Å²) in [5.74, 6) is 0.732. The zero-order chi connectivity index (χ0) is 16.1. The monoisotopic (exact) mass is 377 g/mol. The molecule has 23 heavy (non-hydrogen) atoms. The SMILES string of the molecule is Cl.NCCOCCOCCOCCOCCOCCOCCS. The average Bonchev–Trinajstić information content (AvgIpc) is 2.54. The summed E-state index contributed by atoms with van der Waals surface area (Å²) in [4.78, 5) is 0. The van der Waals surface area contributed by atoms with Crippen LogP contribution < -0.4 is 5.73 Å². The van der Waals surface area contributed by atoms with Crippen LogP contribution in [-0.2, 0) is 28.4 Å². The van der Waals surface area contributed by atoms with Gasteiger partial charge in [0.05, 0.1) is 79.3 Å². The van der Waals surface area contributed by atoms with Gasteiger partial charge in [-0.25, -0.2) is 0 Å². The molecule has 0 atom stereocenters. The minimum absolute atomic E-state index is 0. The molecule has 0 aromatic heterocycles. The van der Waals surface area contributed by atoms with Gasteiger partial charge >= 0.3 is 0 Å². The minimum atomic E-state index is 0. The molecule has 0 fully saturated rings. The van der Waals surface area contributed by atoms with Crippen molar-refractivity contribution < 1.29 is 28.4 Å². The van der Waals surface area contributed by atoms with Gasteiger partial charge in [0.2, 0.25) is 0 Å². The first-order valence-electron chi connectivity index (χ1n) is 7.69. The highest BCUT2D eigenvalue weighted by Gasteiger charge is 1.93. The predicted molar refractivity (Wildman–Crippen MR) is 95.1 cm³/mol. The van der Waals surface area contributed by atoms with Crippen LogP contribution in [-0.4, -0.2) is 91.6 Å². The first-order chi connectivity index (χ1) is 10.9. The Morgan fingerprint density at radius 1 is 0.478 bits per heavy atom. The molecular weight excluding hydrogens is 346 g/mol. The lowest BCUT2D eigenvalue weighted by Gasteiger charge is -2.08. The van der Waals surface area contributed by atoms with E-state index >= 15 is 0 Å². The van der Waals surface area contributed by atoms with Gasteiger partial charge in [-0.3, -0.25) is 0 Å². The lowest BCUT2D eigenvalue weighted by molar-refractivity contribution is -0.0157. The molecule has 0 saturated heterocycles. The van der Waals surface area contributed by atoms with Gasteiger partial charge in [0.15, 0.2) is 0 Å². The van der Waals surface area contributed by atoms with Crippen LogP contribution in [0.1, 0.15) is 0 Å². The van der Waals surface area contributed by atoms with E-state index in [0.717, 1.165) is 5.75 Å². The van der Waals surface area contributed by atoms with E-state index < -0.39 is 0 Å². The summed E-state index contributed by atoms with van der Waals surface area (Å²) in [7, 11) is 0. The number of hydrogen-bond donors (Lipinski definition) is 2. The van der Waals surface area contributed by atoms with Crippen molar-refractivity contribution in [2.24, 2.45) is 5.73 Å². The van der Waals surface area contributed by atoms with Gasteiger partial charge in [-0.05, 0) is 0 Å². The molecule has 142 valence electrons. The Labute approximate surface area is 151 Å². The van der Waals surface area contributed by atoms with Crippen LogP contribution in [0.3, 0.4) is 0 Å². The van der Waals surface area contributed by atoms with Gasteiger partial charge in [-0.1, -0.05) is 0 Å². The number of halogens is 1. The molecule has 2 N–H and O–H groups in total. The number of hydrogen-bond acceptors (Lipinski definition) is 8. The molecule has 0 aromatic rings. The molecule has 0 heterocycles. The number of nitrogens with two attached hydrogens (primary N) is 1. The Kier molecular flexibility index (Phi) is 27.4. The summed E-state index contributed by atoms with van der Waals surface area (Å²) in [6.45, 7) is 7.43. The Morgan fingerprint density at radius 2 is 0.739 bits per heavy atom. The number of rotatable bonds is 19. The van der Waals surface area contributed by atoms with Gasteiger partial charge in [-0.2, -0.15) is 12.6 Å². The maximum Gasteiger partial charge on any atom is 0.0701 e. The lowest BCUT2D eigenvalue weighted by atomic mass is 10.6. The molecule has 0 radical (unpaired) electrons. The third kappa shape index (κ3) is 24.7. The Morgan fingerprint density at radius 3 is 1.00 bits per heavy atom. The molecule has 0 spiro atoms. The van der Waals surface area contributed by atoms with Crippen LogP contribution in [0.5, 0.6) is 0 Å². The van der Waals surface area contributed by atoms with Gasteiger partial charge in [0, 0.05) is 12.3 Å². The fourth-order valence-electron chi connectivity index (χ4n) is 1.35. The van der Waals surface area contributed by atoms with E-state index in [0.29, 0.717) is 85.8 Å². The molecule has 0 aromatic carbocycles. The topological polar surface area (TPSA) is 81.4 Å². The molecule has 0 amide bonds. The standard InChI is InChI=1S/C14H31NO6S.ClH/c15-1-2-16-3-4-17-5-6-18-7-8-19-9-10-20-11-12-21-13-14-22;/h22H,1-15H2;1H. The van der Waals surface area contributed by atoms with Gasteiger partial charge in [-0.15, -0.1) is 12.4 Å². The maximum absolute atomic E-state index is 5.36. The number of ether oxygens (including phenoxy) is 6. The van der Waals surface area contributed by atoms with Gasteiger partial charge < -0.3 is 34.2 Å². The average molecular weight is 378 g/mol. The molecule has 0 aliphatic carbocycles. The third-order valence-corrected chi connectivity index (χ3v) is 2.54. The zero-order valence-corrected chi connectivity index (χ0v) is 15.5. The van der Waals surface area contributed by atoms with Crippen molar-refractivity contribution >= 4 is 25.0 Å². The lowest BCUT2D eigenvalue weighted by Crippen LogP contribution is -2.15. The fraction of sp³-hybridized carbons (Fsp3) is 1.00. The molecule has 0 aliphatic heterocycles. The van der Waals surface area contributed by atoms with E-state index in [9.17, 15) is 0 Å². The van der Waals surface area contributed by atoms with Crippen molar-refractivity contribution in [2.75, 3.05) is 91.6 Å². The summed E-state index contributed by atoms with van der Waals surface area (Å²) in [5, 5.41) is 0. The molecule has 0 unspecified atom stereocenters. The Hall–Kier alpha value is 0.360. The van der Waals surface area contributed by atoms with Crippen LogP contribution in [0.25, 0.3) is 0 Å². The fourth-order valence-corrected chi connectivity index (χ4v) is 1.48. The molecule has 0 aliphatic rings. The smallest absolute Gasteiger partial charge is 0.0701 e. The molecule has 0 bridgehead atoms. The first kappa shape index (κ1) is 25.6. The Bertz CT molecular complexity index is 188. The zero-order valence-electron chi connectivity index (χ0n) is 13.8. The van der Waals surface area contributed by atoms with Crippen molar-refractivity contribution in [3.05, 3.63) is 0 Å². The van der Waals surface area contributed by atoms with E-state index in [1.54, 1.807) is 0 Å². The van der Waals surface area contributed by atoms with E-state index in [-0.39, 0.29) is 12.4 Å². The second kappa shape index (κ2) is 24.6. The minimum Gasteiger partial charge on any atom is -0.378 e. The highest BCUT2D eigenvalue weighted by atomic mass is 35.5. The molecular formula is C14H32ClNO6S. The maximum atomic E-state index is 5.36. The van der Waals surface area contributed by atoms with E-state index in [1.165, 1.54) is 0 Å². The highest BCUT2D eigenvalue weighted by Crippen LogP contribution is 1.84. The molecule has 0 saturated carbocycles. The quantitative estimate of drug-likeness (QED) is 0.249. The van der Waals surface area contributed by atoms with Gasteiger partial charge in [0.1, 0.15) is 0 Å². The van der Waals surface area contributed by atoms with Crippen molar-refractivity contribution in [1.29, 1.82) is 0 Å². The normalized spacial score (nSPS) is 10.7. The van der Waals surface area contributed by atoms with Crippen molar-refractivity contribution in [3.8, 4) is 0 Å². The van der Waals surface area contributed by atoms with Crippen molar-refractivity contribution in [1.82, 2.24) is 0 Å². The van der Waals surface area contributed by atoms with E-state index in [4.69, 9.17) is 34.2 Å². The highest BCUT2D eigenvalue weighted by molar-refractivity contribution is 7.80. The van der Waals surface area contributed by atoms with Crippen LogP contribution in [0.2, 0.25) is 0 Å². The summed E-state index contributed by atoms with van der Waals surface area (Å²) in [5.41, 5.74) is 5.29. The second-order valence-electron chi connectivity index (χ2n) is 4.19. The molecule has 9 heteroatoms. The van der Waals surface area contributed by atoms with Crippen LogP contribution in [0, 0.1) is 0 Å². The second-order valence-corrected chi connectivity index (χ2v) is 4.63. The molecule has 0 rings (SSSR count). The first-order valence-corrected chi connectivity index (χ1v) is 8.32. The van der Waals surface area contributed by atoms with Crippen LogP contribution >= 0.6 is 25.0 Å². The van der Waals surface area contributed by atoms with Gasteiger partial charge in [0.25, 0.3) is 0 Å². The van der Waals surface area contributed by atoms with E-state index in [1.807, 2.05) is 0 Å². The van der Waals surface area contributed by atoms with Crippen molar-refractivity contribution in [2.45, 2.75) is 0 Å². The van der Waals surface area contributed by atoms with Crippen LogP contribution in [0.4, 0.5) is 0 Å². The van der Waals surface area contributed by atoms with E-state index in [2.05, 4.69) is 12.6 Å². The summed E-state index contributed by atoms with van der Waals surface area (Å²) in [6, 6.07) is 0. The van der Waals surface area contributed by atoms with Crippen molar-refractivity contribution in [3.63, 3.8) is 0 Å². The summed E-state index contributed by atoms with van der Waals surface area (Å²) < 4.78 is 31.7. The Balaban J connectivity index is 0. The third-order valence-electron chi connectivity index (χ3n) is 2.36. The summed E-state index contributed by atoms with van der Waals surface area (Å²) in [6.07, 6.45) is 0. The predicted octanol–water partition coefficient (Wildman–Crippen LogP) is 0.396. The summed E-state index contributed by atoms with van der Waals surface area (Å²) >= 11 is 4.04. The largest absolute Gasteiger partial charge is 0.378 e. The molecule has 7 nitrogen and oxygen atoms in total. The van der Waals surface area contributed by atoms with Crippen LogP contribution in [0.15, 0.2) is 0 Å². The number of thiol groups is 1.